The first-order valence-electron chi connectivity index (χ1n) is 6.12. The smallest absolute Gasteiger partial charge is 0.158 e. The number of aromatic nitrogens is 2. The van der Waals surface area contributed by atoms with Gasteiger partial charge >= 0.3 is 0 Å². The number of anilines is 1. The Kier molecular flexibility index (Phi) is 4.25. The molecule has 17 heavy (non-hydrogen) atoms. The van der Waals surface area contributed by atoms with Gasteiger partial charge in [-0.05, 0) is 18.4 Å². The second-order valence-corrected chi connectivity index (χ2v) is 4.96. The van der Waals surface area contributed by atoms with Crippen LogP contribution < -0.4 is 11.1 Å². The molecular formula is C12H18N4S. The van der Waals surface area contributed by atoms with Gasteiger partial charge in [0.05, 0.1) is 11.8 Å². The van der Waals surface area contributed by atoms with Crippen LogP contribution in [-0.2, 0) is 0 Å². The monoisotopic (exact) mass is 250 g/mol. The van der Waals surface area contributed by atoms with E-state index < -0.39 is 0 Å². The van der Waals surface area contributed by atoms with Crippen LogP contribution in [0, 0.1) is 5.92 Å². The van der Waals surface area contributed by atoms with Gasteiger partial charge in [-0.25, -0.2) is 0 Å². The number of thiocarbonyl (C=S) groups is 1. The van der Waals surface area contributed by atoms with Gasteiger partial charge in [0.25, 0.3) is 0 Å². The normalized spacial score (nSPS) is 16.0. The Bertz CT molecular complexity index is 388. The number of rotatable bonds is 5. The van der Waals surface area contributed by atoms with Crippen molar-refractivity contribution in [2.75, 3.05) is 11.9 Å². The fraction of sp³-hybridized carbons (Fsp3) is 0.583. The zero-order valence-electron chi connectivity index (χ0n) is 9.85. The van der Waals surface area contributed by atoms with Gasteiger partial charge < -0.3 is 11.1 Å². The minimum atomic E-state index is 0.364. The topological polar surface area (TPSA) is 63.8 Å². The van der Waals surface area contributed by atoms with Gasteiger partial charge in [-0.15, -0.1) is 5.10 Å². The Morgan fingerprint density at radius 1 is 1.47 bits per heavy atom. The number of nitrogens with two attached hydrogens (primary N) is 1. The van der Waals surface area contributed by atoms with E-state index >= 15 is 0 Å². The molecule has 1 fully saturated rings. The second-order valence-electron chi connectivity index (χ2n) is 4.52. The highest BCUT2D eigenvalue weighted by Crippen LogP contribution is 2.27. The highest BCUT2D eigenvalue weighted by Gasteiger charge is 2.14. The molecule has 1 aliphatic carbocycles. The van der Waals surface area contributed by atoms with Crippen LogP contribution in [0.3, 0.4) is 0 Å². The molecule has 1 aromatic rings. The molecule has 92 valence electrons. The highest BCUT2D eigenvalue weighted by atomic mass is 32.1. The maximum atomic E-state index is 5.63. The first kappa shape index (κ1) is 12.2. The molecule has 0 aromatic carbocycles. The van der Waals surface area contributed by atoms with Crippen molar-refractivity contribution in [2.45, 2.75) is 32.1 Å². The molecule has 2 rings (SSSR count). The molecule has 1 aromatic heterocycles. The molecule has 0 saturated heterocycles. The quantitative estimate of drug-likeness (QED) is 0.784. The fourth-order valence-electron chi connectivity index (χ4n) is 2.35. The number of hydrogen-bond donors (Lipinski definition) is 2. The van der Waals surface area contributed by atoms with Crippen LogP contribution in [0.4, 0.5) is 5.82 Å². The Labute approximate surface area is 107 Å². The molecule has 4 nitrogen and oxygen atoms in total. The van der Waals surface area contributed by atoms with Crippen molar-refractivity contribution in [3.8, 4) is 0 Å². The average Bonchev–Trinajstić information content (AvgIpc) is 2.82. The lowest BCUT2D eigenvalue weighted by Gasteiger charge is -2.11. The van der Waals surface area contributed by atoms with Gasteiger partial charge in [0, 0.05) is 6.54 Å². The predicted molar refractivity (Wildman–Crippen MR) is 73.0 cm³/mol. The highest BCUT2D eigenvalue weighted by molar-refractivity contribution is 7.80. The zero-order chi connectivity index (χ0) is 12.1. The van der Waals surface area contributed by atoms with Gasteiger partial charge in [0.15, 0.2) is 5.82 Å². The van der Waals surface area contributed by atoms with Gasteiger partial charge in [-0.1, -0.05) is 37.9 Å². The number of nitrogens with one attached hydrogen (secondary N) is 1. The van der Waals surface area contributed by atoms with Gasteiger partial charge in [-0.2, -0.15) is 5.10 Å². The lowest BCUT2D eigenvalue weighted by atomic mass is 10.0. The van der Waals surface area contributed by atoms with Crippen LogP contribution in [0.25, 0.3) is 0 Å². The van der Waals surface area contributed by atoms with E-state index in [-0.39, 0.29) is 0 Å². The number of nitrogens with zero attached hydrogens (tertiary/aromatic N) is 2. The Balaban J connectivity index is 1.87. The molecule has 1 aliphatic rings. The van der Waals surface area contributed by atoms with Crippen molar-refractivity contribution in [1.29, 1.82) is 0 Å². The van der Waals surface area contributed by atoms with Crippen molar-refractivity contribution in [1.82, 2.24) is 10.2 Å². The summed E-state index contributed by atoms with van der Waals surface area (Å²) >= 11 is 4.98. The molecular weight excluding hydrogens is 232 g/mol. The largest absolute Gasteiger partial charge is 0.389 e. The Morgan fingerprint density at radius 2 is 2.24 bits per heavy atom. The van der Waals surface area contributed by atoms with Crippen molar-refractivity contribution in [3.05, 3.63) is 17.8 Å². The molecule has 5 heteroatoms. The van der Waals surface area contributed by atoms with E-state index in [0.717, 1.165) is 18.0 Å². The third-order valence-corrected chi connectivity index (χ3v) is 3.53. The standard InChI is InChI=1S/C12H18N4S/c13-11(17)10-6-8-15-16-12(10)14-7-5-9-3-1-2-4-9/h6,8-9H,1-5,7H2,(H2,13,17)(H,14,16). The van der Waals surface area contributed by atoms with E-state index in [1.165, 1.54) is 32.1 Å². The first-order valence-corrected chi connectivity index (χ1v) is 6.53. The van der Waals surface area contributed by atoms with Crippen LogP contribution in [-0.4, -0.2) is 21.7 Å². The molecule has 3 N–H and O–H groups in total. The molecule has 1 saturated carbocycles. The van der Waals surface area contributed by atoms with E-state index in [9.17, 15) is 0 Å². The third kappa shape index (κ3) is 3.36. The summed E-state index contributed by atoms with van der Waals surface area (Å²) < 4.78 is 0. The van der Waals surface area contributed by atoms with Gasteiger partial charge in [0.2, 0.25) is 0 Å². The molecule has 0 atom stereocenters. The molecule has 0 radical (unpaired) electrons. The summed E-state index contributed by atoms with van der Waals surface area (Å²) in [5, 5.41) is 11.2. The molecule has 0 bridgehead atoms. The first-order chi connectivity index (χ1) is 8.27. The lowest BCUT2D eigenvalue weighted by Crippen LogP contribution is -2.16. The average molecular weight is 250 g/mol. The van der Waals surface area contributed by atoms with Crippen LogP contribution in [0.1, 0.15) is 37.7 Å². The molecule has 0 unspecified atom stereocenters. The molecule has 0 spiro atoms. The fourth-order valence-corrected chi connectivity index (χ4v) is 2.52. The maximum Gasteiger partial charge on any atom is 0.158 e. The summed E-state index contributed by atoms with van der Waals surface area (Å²) in [7, 11) is 0. The molecule has 0 aliphatic heterocycles. The van der Waals surface area contributed by atoms with Crippen LogP contribution in [0.15, 0.2) is 12.3 Å². The summed E-state index contributed by atoms with van der Waals surface area (Å²) in [5.41, 5.74) is 6.41. The van der Waals surface area contributed by atoms with Crippen LogP contribution in [0.2, 0.25) is 0 Å². The summed E-state index contributed by atoms with van der Waals surface area (Å²) in [6, 6.07) is 1.80. The van der Waals surface area contributed by atoms with E-state index in [1.54, 1.807) is 12.3 Å². The van der Waals surface area contributed by atoms with Gasteiger partial charge in [0.1, 0.15) is 4.99 Å². The maximum absolute atomic E-state index is 5.63. The summed E-state index contributed by atoms with van der Waals surface area (Å²) in [6.45, 7) is 0.916. The van der Waals surface area contributed by atoms with Gasteiger partial charge in [-0.3, -0.25) is 0 Å². The Morgan fingerprint density at radius 3 is 2.94 bits per heavy atom. The zero-order valence-corrected chi connectivity index (χ0v) is 10.7. The minimum absolute atomic E-state index is 0.364. The SMILES string of the molecule is NC(=S)c1ccnnc1NCCC1CCCC1. The third-order valence-electron chi connectivity index (χ3n) is 3.31. The minimum Gasteiger partial charge on any atom is -0.389 e. The number of hydrogen-bond acceptors (Lipinski definition) is 4. The summed E-state index contributed by atoms with van der Waals surface area (Å²) in [4.78, 5) is 0.364. The molecule has 0 amide bonds. The predicted octanol–water partition coefficient (Wildman–Crippen LogP) is 2.10. The van der Waals surface area contributed by atoms with Crippen molar-refractivity contribution >= 4 is 23.0 Å². The second kappa shape index (κ2) is 5.91. The van der Waals surface area contributed by atoms with E-state index in [0.29, 0.717) is 10.8 Å². The Hall–Kier alpha value is -1.23. The summed E-state index contributed by atoms with van der Waals surface area (Å²) in [5.74, 6) is 1.57. The van der Waals surface area contributed by atoms with Crippen molar-refractivity contribution < 1.29 is 0 Å². The molecule has 1 heterocycles. The summed E-state index contributed by atoms with van der Waals surface area (Å²) in [6.07, 6.45) is 8.29. The van der Waals surface area contributed by atoms with Crippen molar-refractivity contribution in [2.24, 2.45) is 11.7 Å². The van der Waals surface area contributed by atoms with E-state index in [2.05, 4.69) is 15.5 Å². The van der Waals surface area contributed by atoms with E-state index in [1.807, 2.05) is 0 Å². The van der Waals surface area contributed by atoms with E-state index in [4.69, 9.17) is 18.0 Å². The van der Waals surface area contributed by atoms with Crippen LogP contribution in [0.5, 0.6) is 0 Å². The van der Waals surface area contributed by atoms with Crippen LogP contribution >= 0.6 is 12.2 Å². The lowest BCUT2D eigenvalue weighted by molar-refractivity contribution is 0.518. The van der Waals surface area contributed by atoms with Crippen molar-refractivity contribution in [3.63, 3.8) is 0 Å².